The summed E-state index contributed by atoms with van der Waals surface area (Å²) in [4.78, 5) is 12.0. The number of nitrogen functional groups attached to an aromatic ring is 1. The number of anilines is 1. The third kappa shape index (κ3) is 1.93. The van der Waals surface area contributed by atoms with Crippen LogP contribution in [0.4, 0.5) is 5.69 Å². The van der Waals surface area contributed by atoms with Crippen molar-refractivity contribution < 1.29 is 4.79 Å². The van der Waals surface area contributed by atoms with E-state index in [1.807, 2.05) is 6.92 Å². The smallest absolute Gasteiger partial charge is 0.271 e. The summed E-state index contributed by atoms with van der Waals surface area (Å²) < 4.78 is 1.62. The van der Waals surface area contributed by atoms with Crippen LogP contribution in [-0.4, -0.2) is 21.7 Å². The van der Waals surface area contributed by atoms with E-state index in [1.165, 1.54) is 6.20 Å². The van der Waals surface area contributed by atoms with E-state index in [9.17, 15) is 4.79 Å². The molecular formula is C11H16N4O. The lowest BCUT2D eigenvalue weighted by Gasteiger charge is -2.13. The van der Waals surface area contributed by atoms with Crippen molar-refractivity contribution in [2.75, 3.05) is 5.73 Å². The molecule has 1 aliphatic rings. The number of aromatic nitrogens is 2. The van der Waals surface area contributed by atoms with Gasteiger partial charge in [-0.15, -0.1) is 0 Å². The number of nitrogens with one attached hydrogen (secondary N) is 1. The molecule has 0 radical (unpaired) electrons. The fourth-order valence-electron chi connectivity index (χ4n) is 1.88. The molecule has 5 heteroatoms. The molecule has 86 valence electrons. The van der Waals surface area contributed by atoms with Crippen LogP contribution in [0.5, 0.6) is 0 Å². The number of aryl methyl sites for hydroxylation is 1. The first kappa shape index (κ1) is 10.7. The van der Waals surface area contributed by atoms with Gasteiger partial charge in [-0.2, -0.15) is 5.10 Å². The molecule has 0 bridgehead atoms. The minimum Gasteiger partial charge on any atom is -0.396 e. The van der Waals surface area contributed by atoms with Gasteiger partial charge in [-0.25, -0.2) is 0 Å². The van der Waals surface area contributed by atoms with E-state index in [1.54, 1.807) is 4.68 Å². The summed E-state index contributed by atoms with van der Waals surface area (Å²) in [5.41, 5.74) is 6.63. The summed E-state index contributed by atoms with van der Waals surface area (Å²) in [5, 5.41) is 7.00. The number of nitrogens with two attached hydrogens (primary N) is 1. The fraction of sp³-hybridized carbons (Fsp3) is 0.455. The topological polar surface area (TPSA) is 72.9 Å². The predicted octanol–water partition coefficient (Wildman–Crippen LogP) is 0.934. The quantitative estimate of drug-likeness (QED) is 0.744. The third-order valence-corrected chi connectivity index (χ3v) is 2.73. The van der Waals surface area contributed by atoms with Crippen LogP contribution in [-0.2, 0) is 6.54 Å². The monoisotopic (exact) mass is 220 g/mol. The van der Waals surface area contributed by atoms with Crippen molar-refractivity contribution in [3.63, 3.8) is 0 Å². The van der Waals surface area contributed by atoms with Crippen LogP contribution in [0.15, 0.2) is 18.3 Å². The van der Waals surface area contributed by atoms with Crippen molar-refractivity contribution in [2.24, 2.45) is 0 Å². The molecule has 5 nitrogen and oxygen atoms in total. The first-order chi connectivity index (χ1) is 7.72. The summed E-state index contributed by atoms with van der Waals surface area (Å²) in [6.45, 7) is 2.57. The zero-order valence-electron chi connectivity index (χ0n) is 9.31. The summed E-state index contributed by atoms with van der Waals surface area (Å²) >= 11 is 0. The highest BCUT2D eigenvalue weighted by Crippen LogP contribution is 2.14. The Morgan fingerprint density at radius 1 is 1.62 bits per heavy atom. The van der Waals surface area contributed by atoms with E-state index in [2.05, 4.69) is 22.6 Å². The number of nitrogens with zero attached hydrogens (tertiary/aromatic N) is 2. The third-order valence-electron chi connectivity index (χ3n) is 2.73. The SMILES string of the molecule is CCn1ncc(N)c1C(=O)NC1CC=CC1. The Bertz CT molecular complexity index is 414. The number of carbonyl (C=O) groups excluding carboxylic acids is 1. The van der Waals surface area contributed by atoms with Crippen LogP contribution in [0.1, 0.15) is 30.3 Å². The Morgan fingerprint density at radius 2 is 2.31 bits per heavy atom. The van der Waals surface area contributed by atoms with Crippen LogP contribution >= 0.6 is 0 Å². The van der Waals surface area contributed by atoms with Crippen LogP contribution in [0.3, 0.4) is 0 Å². The number of hydrogen-bond acceptors (Lipinski definition) is 3. The van der Waals surface area contributed by atoms with Crippen LogP contribution in [0, 0.1) is 0 Å². The Labute approximate surface area is 94.3 Å². The second kappa shape index (κ2) is 4.38. The summed E-state index contributed by atoms with van der Waals surface area (Å²) in [6, 6.07) is 0.201. The van der Waals surface area contributed by atoms with Gasteiger partial charge in [0.05, 0.1) is 11.9 Å². The normalized spacial score (nSPS) is 15.6. The minimum atomic E-state index is -0.134. The van der Waals surface area contributed by atoms with E-state index < -0.39 is 0 Å². The van der Waals surface area contributed by atoms with Gasteiger partial charge >= 0.3 is 0 Å². The zero-order valence-corrected chi connectivity index (χ0v) is 9.31. The molecule has 1 aromatic rings. The maximum Gasteiger partial charge on any atom is 0.271 e. The van der Waals surface area contributed by atoms with E-state index >= 15 is 0 Å². The molecule has 1 amide bonds. The Hall–Kier alpha value is -1.78. The molecule has 1 aromatic heterocycles. The molecule has 3 N–H and O–H groups in total. The van der Waals surface area contributed by atoms with Crippen LogP contribution in [0.25, 0.3) is 0 Å². The molecular weight excluding hydrogens is 204 g/mol. The van der Waals surface area contributed by atoms with Gasteiger partial charge in [0.2, 0.25) is 0 Å². The predicted molar refractivity (Wildman–Crippen MR) is 61.9 cm³/mol. The highest BCUT2D eigenvalue weighted by molar-refractivity contribution is 5.97. The van der Waals surface area contributed by atoms with Crippen molar-refractivity contribution >= 4 is 11.6 Å². The number of hydrogen-bond donors (Lipinski definition) is 2. The van der Waals surface area contributed by atoms with Gasteiger partial charge in [-0.1, -0.05) is 12.2 Å². The molecule has 0 saturated carbocycles. The maximum absolute atomic E-state index is 12.0. The van der Waals surface area contributed by atoms with E-state index in [0.717, 1.165) is 12.8 Å². The molecule has 2 rings (SSSR count). The highest BCUT2D eigenvalue weighted by atomic mass is 16.2. The standard InChI is InChI=1S/C11H16N4O/c1-2-15-10(9(12)7-13-15)11(16)14-8-5-3-4-6-8/h3-4,7-8H,2,5-6,12H2,1H3,(H,14,16). The second-order valence-corrected chi connectivity index (χ2v) is 3.88. The van der Waals surface area contributed by atoms with Crippen molar-refractivity contribution in [1.82, 2.24) is 15.1 Å². The van der Waals surface area contributed by atoms with Crippen molar-refractivity contribution in [2.45, 2.75) is 32.4 Å². The van der Waals surface area contributed by atoms with Crippen molar-refractivity contribution in [1.29, 1.82) is 0 Å². The second-order valence-electron chi connectivity index (χ2n) is 3.88. The molecule has 16 heavy (non-hydrogen) atoms. The molecule has 1 aliphatic carbocycles. The molecule has 0 aliphatic heterocycles. The first-order valence-electron chi connectivity index (χ1n) is 5.49. The molecule has 0 saturated heterocycles. The Balaban J connectivity index is 2.10. The van der Waals surface area contributed by atoms with E-state index in [-0.39, 0.29) is 11.9 Å². The molecule has 0 unspecified atom stereocenters. The van der Waals surface area contributed by atoms with Gasteiger partial charge in [0.25, 0.3) is 5.91 Å². The van der Waals surface area contributed by atoms with E-state index in [4.69, 9.17) is 5.73 Å². The van der Waals surface area contributed by atoms with Crippen LogP contribution < -0.4 is 11.1 Å². The largest absolute Gasteiger partial charge is 0.396 e. The lowest BCUT2D eigenvalue weighted by atomic mass is 10.2. The fourth-order valence-corrected chi connectivity index (χ4v) is 1.88. The molecule has 0 spiro atoms. The number of carbonyl (C=O) groups is 1. The number of rotatable bonds is 3. The zero-order chi connectivity index (χ0) is 11.5. The lowest BCUT2D eigenvalue weighted by molar-refractivity contribution is 0.0929. The van der Waals surface area contributed by atoms with Crippen LogP contribution in [0.2, 0.25) is 0 Å². The highest BCUT2D eigenvalue weighted by Gasteiger charge is 2.19. The molecule has 0 atom stereocenters. The molecule has 0 fully saturated rings. The van der Waals surface area contributed by atoms with Gasteiger partial charge in [0.15, 0.2) is 0 Å². The van der Waals surface area contributed by atoms with E-state index in [0.29, 0.717) is 17.9 Å². The van der Waals surface area contributed by atoms with Gasteiger partial charge < -0.3 is 11.1 Å². The van der Waals surface area contributed by atoms with Gasteiger partial charge in [0, 0.05) is 12.6 Å². The van der Waals surface area contributed by atoms with Gasteiger partial charge in [0.1, 0.15) is 5.69 Å². The summed E-state index contributed by atoms with van der Waals surface area (Å²) in [7, 11) is 0. The lowest BCUT2D eigenvalue weighted by Crippen LogP contribution is -2.34. The van der Waals surface area contributed by atoms with Gasteiger partial charge in [-0.05, 0) is 19.8 Å². The average Bonchev–Trinajstić information content (AvgIpc) is 2.87. The van der Waals surface area contributed by atoms with Gasteiger partial charge in [-0.3, -0.25) is 9.48 Å². The first-order valence-corrected chi connectivity index (χ1v) is 5.49. The number of amides is 1. The van der Waals surface area contributed by atoms with Crippen molar-refractivity contribution in [3.05, 3.63) is 24.0 Å². The molecule has 0 aromatic carbocycles. The molecule has 1 heterocycles. The summed E-state index contributed by atoms with van der Waals surface area (Å²) in [5.74, 6) is -0.134. The van der Waals surface area contributed by atoms with Crippen molar-refractivity contribution in [3.8, 4) is 0 Å². The Kier molecular flexibility index (Phi) is 2.94. The maximum atomic E-state index is 12.0. The Morgan fingerprint density at radius 3 is 2.94 bits per heavy atom. The summed E-state index contributed by atoms with van der Waals surface area (Å²) in [6.07, 6.45) is 7.46. The minimum absolute atomic E-state index is 0.134. The average molecular weight is 220 g/mol.